The maximum Gasteiger partial charge on any atom is 0.224 e. The minimum absolute atomic E-state index is 0.0595. The zero-order chi connectivity index (χ0) is 13.0. The summed E-state index contributed by atoms with van der Waals surface area (Å²) in [5.41, 5.74) is 0. The summed E-state index contributed by atoms with van der Waals surface area (Å²) in [4.78, 5) is 24.3. The van der Waals surface area contributed by atoms with Gasteiger partial charge in [-0.05, 0) is 31.5 Å². The van der Waals surface area contributed by atoms with Gasteiger partial charge >= 0.3 is 0 Å². The zero-order valence-electron chi connectivity index (χ0n) is 10.5. The molecule has 18 heavy (non-hydrogen) atoms. The Hall–Kier alpha value is -1.62. The Morgan fingerprint density at radius 2 is 2.44 bits per heavy atom. The molecule has 1 N–H and O–H groups in total. The Morgan fingerprint density at radius 3 is 3.11 bits per heavy atom. The molecule has 1 fully saturated rings. The molecule has 0 bridgehead atoms. The quantitative estimate of drug-likeness (QED) is 0.811. The first-order valence-electron chi connectivity index (χ1n) is 6.20. The molecule has 1 aromatic rings. The number of furan rings is 1. The van der Waals surface area contributed by atoms with E-state index >= 15 is 0 Å². The van der Waals surface area contributed by atoms with Crippen LogP contribution in [0.2, 0.25) is 0 Å². The van der Waals surface area contributed by atoms with Gasteiger partial charge in [0, 0.05) is 13.6 Å². The molecule has 1 saturated heterocycles. The number of carbonyl (C=O) groups excluding carboxylic acids is 2. The van der Waals surface area contributed by atoms with E-state index in [0.29, 0.717) is 18.6 Å². The molecule has 1 unspecified atom stereocenters. The highest BCUT2D eigenvalue weighted by atomic mass is 16.3. The summed E-state index contributed by atoms with van der Waals surface area (Å²) in [5, 5.41) is 2.70. The number of carbonyl (C=O) groups is 2. The highest BCUT2D eigenvalue weighted by Gasteiger charge is 2.25. The Kier molecular flexibility index (Phi) is 4.15. The number of likely N-dealkylation sites (tertiary alicyclic amines) is 1. The van der Waals surface area contributed by atoms with E-state index in [1.807, 2.05) is 6.07 Å². The molecule has 0 aliphatic carbocycles. The van der Waals surface area contributed by atoms with Crippen molar-refractivity contribution in [1.29, 1.82) is 0 Å². The number of rotatable bonds is 4. The van der Waals surface area contributed by atoms with Crippen LogP contribution in [-0.4, -0.2) is 37.2 Å². The lowest BCUT2D eigenvalue weighted by Crippen LogP contribution is -2.41. The van der Waals surface area contributed by atoms with Gasteiger partial charge in [0.1, 0.15) is 5.76 Å². The molecule has 1 amide bonds. The van der Waals surface area contributed by atoms with Gasteiger partial charge in [-0.2, -0.15) is 0 Å². The van der Waals surface area contributed by atoms with Crippen LogP contribution in [0.1, 0.15) is 29.2 Å². The fourth-order valence-corrected chi connectivity index (χ4v) is 2.38. The number of nitrogens with one attached hydrogen (secondary N) is 1. The predicted octanol–water partition coefficient (Wildman–Crippen LogP) is 1.05. The highest BCUT2D eigenvalue weighted by molar-refractivity contribution is 5.78. The Morgan fingerprint density at radius 1 is 1.61 bits per heavy atom. The van der Waals surface area contributed by atoms with Gasteiger partial charge in [0.15, 0.2) is 12.0 Å². The molecular weight excluding hydrogens is 232 g/mol. The van der Waals surface area contributed by atoms with Crippen LogP contribution in [0, 0.1) is 5.92 Å². The predicted molar refractivity (Wildman–Crippen MR) is 66.2 cm³/mol. The first kappa shape index (κ1) is 12.8. The van der Waals surface area contributed by atoms with Gasteiger partial charge < -0.3 is 9.73 Å². The summed E-state index contributed by atoms with van der Waals surface area (Å²) in [7, 11) is 1.67. The molecule has 98 valence electrons. The molecule has 0 saturated carbocycles. The van der Waals surface area contributed by atoms with Gasteiger partial charge in [-0.25, -0.2) is 0 Å². The first-order valence-corrected chi connectivity index (χ1v) is 6.20. The molecule has 1 aliphatic heterocycles. The highest BCUT2D eigenvalue weighted by Crippen LogP contribution is 2.19. The molecule has 1 aliphatic rings. The monoisotopic (exact) mass is 250 g/mol. The average Bonchev–Trinajstić information content (AvgIpc) is 2.86. The van der Waals surface area contributed by atoms with Crippen LogP contribution in [0.3, 0.4) is 0 Å². The van der Waals surface area contributed by atoms with E-state index in [2.05, 4.69) is 10.2 Å². The molecule has 0 aromatic carbocycles. The number of piperidine rings is 1. The number of hydrogen-bond acceptors (Lipinski definition) is 4. The maximum atomic E-state index is 11.6. The van der Waals surface area contributed by atoms with Crippen LogP contribution in [-0.2, 0) is 11.3 Å². The smallest absolute Gasteiger partial charge is 0.224 e. The van der Waals surface area contributed by atoms with E-state index in [1.54, 1.807) is 13.1 Å². The molecule has 2 rings (SSSR count). The molecule has 1 aromatic heterocycles. The van der Waals surface area contributed by atoms with Crippen molar-refractivity contribution >= 4 is 12.2 Å². The van der Waals surface area contributed by atoms with Crippen LogP contribution in [0.25, 0.3) is 0 Å². The van der Waals surface area contributed by atoms with E-state index in [4.69, 9.17) is 4.42 Å². The van der Waals surface area contributed by atoms with Gasteiger partial charge in [0.25, 0.3) is 0 Å². The summed E-state index contributed by atoms with van der Waals surface area (Å²) < 4.78 is 5.35. The van der Waals surface area contributed by atoms with Crippen molar-refractivity contribution in [2.45, 2.75) is 19.4 Å². The first-order chi connectivity index (χ1) is 8.72. The molecule has 5 nitrogen and oxygen atoms in total. The summed E-state index contributed by atoms with van der Waals surface area (Å²) >= 11 is 0. The maximum absolute atomic E-state index is 11.6. The minimum Gasteiger partial charge on any atom is -0.457 e. The number of aldehydes is 1. The van der Waals surface area contributed by atoms with Crippen LogP contribution in [0.5, 0.6) is 0 Å². The van der Waals surface area contributed by atoms with Crippen molar-refractivity contribution in [2.75, 3.05) is 20.1 Å². The Labute approximate surface area is 106 Å². The lowest BCUT2D eigenvalue weighted by Gasteiger charge is -2.30. The van der Waals surface area contributed by atoms with Gasteiger partial charge in [0.05, 0.1) is 12.5 Å². The normalized spacial score (nSPS) is 20.6. The van der Waals surface area contributed by atoms with Crippen molar-refractivity contribution in [3.8, 4) is 0 Å². The summed E-state index contributed by atoms with van der Waals surface area (Å²) in [6.07, 6.45) is 2.65. The molecule has 0 spiro atoms. The lowest BCUT2D eigenvalue weighted by molar-refractivity contribution is -0.126. The molecule has 5 heteroatoms. The van der Waals surface area contributed by atoms with E-state index in [9.17, 15) is 9.59 Å². The fraction of sp³-hybridized carbons (Fsp3) is 0.538. The van der Waals surface area contributed by atoms with Gasteiger partial charge in [-0.1, -0.05) is 0 Å². The van der Waals surface area contributed by atoms with Crippen LogP contribution in [0.4, 0.5) is 0 Å². The second-order valence-corrected chi connectivity index (χ2v) is 4.61. The van der Waals surface area contributed by atoms with Gasteiger partial charge in [-0.3, -0.25) is 14.5 Å². The second-order valence-electron chi connectivity index (χ2n) is 4.61. The molecule has 2 heterocycles. The third-order valence-electron chi connectivity index (χ3n) is 3.30. The number of hydrogen-bond donors (Lipinski definition) is 1. The fourth-order valence-electron chi connectivity index (χ4n) is 2.38. The van der Waals surface area contributed by atoms with Crippen molar-refractivity contribution in [1.82, 2.24) is 10.2 Å². The lowest BCUT2D eigenvalue weighted by atomic mass is 9.97. The zero-order valence-corrected chi connectivity index (χ0v) is 10.5. The standard InChI is InChI=1S/C13H18N2O3/c1-14-13(17)10-3-2-6-15(7-10)8-11-4-5-12(9-16)18-11/h4-5,9-10H,2-3,6-8H2,1H3,(H,14,17). The average molecular weight is 250 g/mol. The van der Waals surface area contributed by atoms with Crippen molar-refractivity contribution < 1.29 is 14.0 Å². The third-order valence-corrected chi connectivity index (χ3v) is 3.30. The van der Waals surface area contributed by atoms with Crippen molar-refractivity contribution in [3.05, 3.63) is 23.7 Å². The number of nitrogens with zero attached hydrogens (tertiary/aromatic N) is 1. The van der Waals surface area contributed by atoms with Gasteiger partial charge in [0.2, 0.25) is 5.91 Å². The van der Waals surface area contributed by atoms with E-state index in [1.165, 1.54) is 0 Å². The second kappa shape index (κ2) is 5.82. The summed E-state index contributed by atoms with van der Waals surface area (Å²) in [6.45, 7) is 2.36. The molecule has 0 radical (unpaired) electrons. The van der Waals surface area contributed by atoms with E-state index in [0.717, 1.165) is 31.7 Å². The number of amides is 1. The Balaban J connectivity index is 1.93. The van der Waals surface area contributed by atoms with Gasteiger partial charge in [-0.15, -0.1) is 0 Å². The molecule has 1 atom stereocenters. The largest absolute Gasteiger partial charge is 0.457 e. The third kappa shape index (κ3) is 2.98. The van der Waals surface area contributed by atoms with Crippen molar-refractivity contribution in [3.63, 3.8) is 0 Å². The van der Waals surface area contributed by atoms with E-state index < -0.39 is 0 Å². The summed E-state index contributed by atoms with van der Waals surface area (Å²) in [6, 6.07) is 3.48. The minimum atomic E-state index is 0.0595. The van der Waals surface area contributed by atoms with Crippen molar-refractivity contribution in [2.24, 2.45) is 5.92 Å². The summed E-state index contributed by atoms with van der Waals surface area (Å²) in [5.74, 6) is 1.29. The SMILES string of the molecule is CNC(=O)C1CCCN(Cc2ccc(C=O)o2)C1. The Bertz CT molecular complexity index is 428. The van der Waals surface area contributed by atoms with E-state index in [-0.39, 0.29) is 11.8 Å². The van der Waals surface area contributed by atoms with Crippen LogP contribution < -0.4 is 5.32 Å². The van der Waals surface area contributed by atoms with Crippen LogP contribution in [0.15, 0.2) is 16.5 Å². The van der Waals surface area contributed by atoms with Crippen LogP contribution >= 0.6 is 0 Å². The molecular formula is C13H18N2O3. The topological polar surface area (TPSA) is 62.6 Å².